The highest BCUT2D eigenvalue weighted by Gasteiger charge is 2.36. The predicted molar refractivity (Wildman–Crippen MR) is 113 cm³/mol. The SMILES string of the molecule is COc1ccc(C(=O)NC2CCC(NC(=O)[C@@H]3CCCN3C(=O)N(C)C)CC2)cc1. The zero-order valence-electron chi connectivity index (χ0n) is 18.0. The van der Waals surface area contributed by atoms with Crippen LogP contribution in [0.1, 0.15) is 48.9 Å². The van der Waals surface area contributed by atoms with Crippen LogP contribution >= 0.6 is 0 Å². The van der Waals surface area contributed by atoms with Crippen molar-refractivity contribution in [3.05, 3.63) is 29.8 Å². The lowest BCUT2D eigenvalue weighted by atomic mass is 9.90. The molecule has 1 saturated carbocycles. The van der Waals surface area contributed by atoms with Gasteiger partial charge in [-0.3, -0.25) is 9.59 Å². The molecule has 1 heterocycles. The van der Waals surface area contributed by atoms with E-state index >= 15 is 0 Å². The average molecular weight is 417 g/mol. The van der Waals surface area contributed by atoms with Crippen molar-refractivity contribution >= 4 is 17.8 Å². The molecule has 1 aliphatic heterocycles. The number of amides is 4. The Morgan fingerprint density at radius 1 is 0.967 bits per heavy atom. The molecule has 1 saturated heterocycles. The largest absolute Gasteiger partial charge is 0.497 e. The Balaban J connectivity index is 1.45. The lowest BCUT2D eigenvalue weighted by molar-refractivity contribution is -0.125. The van der Waals surface area contributed by atoms with E-state index in [0.29, 0.717) is 18.5 Å². The second kappa shape index (κ2) is 9.82. The van der Waals surface area contributed by atoms with Crippen molar-refractivity contribution in [2.24, 2.45) is 0 Å². The van der Waals surface area contributed by atoms with E-state index in [9.17, 15) is 14.4 Å². The Labute approximate surface area is 177 Å². The number of urea groups is 1. The first-order valence-corrected chi connectivity index (χ1v) is 10.6. The Kier molecular flexibility index (Phi) is 7.18. The molecular weight excluding hydrogens is 384 g/mol. The first-order chi connectivity index (χ1) is 14.4. The Morgan fingerprint density at radius 2 is 1.57 bits per heavy atom. The average Bonchev–Trinajstić information content (AvgIpc) is 3.24. The van der Waals surface area contributed by atoms with Crippen molar-refractivity contribution in [3.63, 3.8) is 0 Å². The number of rotatable bonds is 5. The summed E-state index contributed by atoms with van der Waals surface area (Å²) in [6.45, 7) is 0.624. The smallest absolute Gasteiger partial charge is 0.320 e. The minimum Gasteiger partial charge on any atom is -0.497 e. The Morgan fingerprint density at radius 3 is 2.13 bits per heavy atom. The fourth-order valence-electron chi connectivity index (χ4n) is 4.22. The highest BCUT2D eigenvalue weighted by atomic mass is 16.5. The molecular formula is C22H32N4O4. The molecule has 0 unspecified atom stereocenters. The zero-order chi connectivity index (χ0) is 21.7. The Hall–Kier alpha value is -2.77. The van der Waals surface area contributed by atoms with Crippen molar-refractivity contribution in [1.29, 1.82) is 0 Å². The van der Waals surface area contributed by atoms with Gasteiger partial charge in [-0.25, -0.2) is 4.79 Å². The molecule has 1 atom stereocenters. The van der Waals surface area contributed by atoms with Crippen LogP contribution in [0.4, 0.5) is 4.79 Å². The van der Waals surface area contributed by atoms with Crippen molar-refractivity contribution < 1.29 is 19.1 Å². The lowest BCUT2D eigenvalue weighted by Crippen LogP contribution is -2.52. The molecule has 0 spiro atoms. The number of ether oxygens (including phenoxy) is 1. The third kappa shape index (κ3) is 5.23. The van der Waals surface area contributed by atoms with Crippen LogP contribution in [-0.2, 0) is 4.79 Å². The molecule has 1 aromatic rings. The van der Waals surface area contributed by atoms with Crippen molar-refractivity contribution in [1.82, 2.24) is 20.4 Å². The van der Waals surface area contributed by atoms with Crippen molar-refractivity contribution in [2.45, 2.75) is 56.7 Å². The van der Waals surface area contributed by atoms with Gasteiger partial charge in [0.1, 0.15) is 11.8 Å². The lowest BCUT2D eigenvalue weighted by Gasteiger charge is -2.32. The monoisotopic (exact) mass is 416 g/mol. The van der Waals surface area contributed by atoms with Crippen LogP contribution in [0, 0.1) is 0 Å². The summed E-state index contributed by atoms with van der Waals surface area (Å²) in [7, 11) is 5.00. The molecule has 2 fully saturated rings. The molecule has 3 rings (SSSR count). The third-order valence-electron chi connectivity index (χ3n) is 5.94. The van der Waals surface area contributed by atoms with Crippen molar-refractivity contribution in [3.8, 4) is 5.75 Å². The maximum absolute atomic E-state index is 12.7. The van der Waals surface area contributed by atoms with Gasteiger partial charge >= 0.3 is 6.03 Å². The number of hydrogen-bond acceptors (Lipinski definition) is 4. The number of nitrogens with zero attached hydrogens (tertiary/aromatic N) is 2. The summed E-state index contributed by atoms with van der Waals surface area (Å²) in [6, 6.07) is 6.74. The molecule has 1 aliphatic carbocycles. The summed E-state index contributed by atoms with van der Waals surface area (Å²) < 4.78 is 5.12. The van der Waals surface area contributed by atoms with Gasteiger partial charge in [0.15, 0.2) is 0 Å². The van der Waals surface area contributed by atoms with Crippen LogP contribution in [0.2, 0.25) is 0 Å². The van der Waals surface area contributed by atoms with Gasteiger partial charge in [-0.1, -0.05) is 0 Å². The quantitative estimate of drug-likeness (QED) is 0.768. The minimum atomic E-state index is -0.382. The van der Waals surface area contributed by atoms with E-state index in [1.807, 2.05) is 0 Å². The van der Waals surface area contributed by atoms with Gasteiger partial charge in [0.2, 0.25) is 5.91 Å². The summed E-state index contributed by atoms with van der Waals surface area (Å²) in [5.41, 5.74) is 0.609. The van der Waals surface area contributed by atoms with Gasteiger partial charge in [-0.2, -0.15) is 0 Å². The number of likely N-dealkylation sites (tertiary alicyclic amines) is 1. The van der Waals surface area contributed by atoms with E-state index in [0.717, 1.165) is 37.9 Å². The van der Waals surface area contributed by atoms with E-state index in [1.54, 1.807) is 50.4 Å². The number of carbonyl (C=O) groups excluding carboxylic acids is 3. The molecule has 1 aromatic carbocycles. The van der Waals surface area contributed by atoms with Crippen LogP contribution in [0.3, 0.4) is 0 Å². The fraction of sp³-hybridized carbons (Fsp3) is 0.591. The topological polar surface area (TPSA) is 91.0 Å². The molecule has 0 radical (unpaired) electrons. The maximum Gasteiger partial charge on any atom is 0.320 e. The van der Waals surface area contributed by atoms with Gasteiger partial charge < -0.3 is 25.2 Å². The molecule has 164 valence electrons. The summed E-state index contributed by atoms with van der Waals surface area (Å²) in [6.07, 6.45) is 4.82. The second-order valence-electron chi connectivity index (χ2n) is 8.29. The number of nitrogens with one attached hydrogen (secondary N) is 2. The normalized spacial score (nSPS) is 23.6. The minimum absolute atomic E-state index is 0.0616. The summed E-state index contributed by atoms with van der Waals surface area (Å²) in [4.78, 5) is 40.6. The maximum atomic E-state index is 12.7. The number of hydrogen-bond donors (Lipinski definition) is 2. The first-order valence-electron chi connectivity index (χ1n) is 10.6. The van der Waals surface area contributed by atoms with Gasteiger partial charge in [0, 0.05) is 38.3 Å². The van der Waals surface area contributed by atoms with Crippen LogP contribution in [0.25, 0.3) is 0 Å². The van der Waals surface area contributed by atoms with E-state index in [1.165, 1.54) is 4.90 Å². The summed E-state index contributed by atoms with van der Waals surface area (Å²) in [5, 5.41) is 6.21. The Bertz CT molecular complexity index is 757. The molecule has 30 heavy (non-hydrogen) atoms. The zero-order valence-corrected chi connectivity index (χ0v) is 18.0. The van der Waals surface area contributed by atoms with Gasteiger partial charge in [-0.05, 0) is 62.8 Å². The van der Waals surface area contributed by atoms with Crippen LogP contribution in [0.15, 0.2) is 24.3 Å². The standard InChI is InChI=1S/C22H32N4O4/c1-25(2)22(29)26-14-4-5-19(26)21(28)24-17-10-8-16(9-11-17)23-20(27)15-6-12-18(30-3)13-7-15/h6-7,12-13,16-17,19H,4-5,8-11,14H2,1-3H3,(H,23,27)(H,24,28)/t16?,17?,19-/m0/s1. The fourth-order valence-corrected chi connectivity index (χ4v) is 4.22. The first kappa shape index (κ1) is 21.9. The highest BCUT2D eigenvalue weighted by molar-refractivity contribution is 5.94. The van der Waals surface area contributed by atoms with Gasteiger partial charge in [-0.15, -0.1) is 0 Å². The summed E-state index contributed by atoms with van der Waals surface area (Å²) >= 11 is 0. The molecule has 4 amide bonds. The summed E-state index contributed by atoms with van der Waals surface area (Å²) in [5.74, 6) is 0.568. The van der Waals surface area contributed by atoms with Crippen LogP contribution < -0.4 is 15.4 Å². The molecule has 8 heteroatoms. The molecule has 2 N–H and O–H groups in total. The molecule has 8 nitrogen and oxygen atoms in total. The van der Waals surface area contributed by atoms with E-state index in [2.05, 4.69) is 10.6 Å². The highest BCUT2D eigenvalue weighted by Crippen LogP contribution is 2.22. The molecule has 0 aromatic heterocycles. The number of carbonyl (C=O) groups is 3. The number of benzene rings is 1. The predicted octanol–water partition coefficient (Wildman–Crippen LogP) is 2.00. The number of methoxy groups -OCH3 is 1. The third-order valence-corrected chi connectivity index (χ3v) is 5.94. The van der Waals surface area contributed by atoms with E-state index in [-0.39, 0.29) is 36.0 Å². The van der Waals surface area contributed by atoms with Gasteiger partial charge in [0.25, 0.3) is 5.91 Å². The van der Waals surface area contributed by atoms with Crippen LogP contribution in [-0.4, -0.2) is 73.5 Å². The molecule has 0 bridgehead atoms. The van der Waals surface area contributed by atoms with E-state index < -0.39 is 0 Å². The van der Waals surface area contributed by atoms with Crippen molar-refractivity contribution in [2.75, 3.05) is 27.7 Å². The van der Waals surface area contributed by atoms with Gasteiger partial charge in [0.05, 0.1) is 7.11 Å². The second-order valence-corrected chi connectivity index (χ2v) is 8.29. The van der Waals surface area contributed by atoms with E-state index in [4.69, 9.17) is 4.74 Å². The molecule has 2 aliphatic rings. The van der Waals surface area contributed by atoms with Crippen LogP contribution in [0.5, 0.6) is 5.75 Å².